The van der Waals surface area contributed by atoms with E-state index in [1.165, 1.54) is 64.2 Å². The van der Waals surface area contributed by atoms with Crippen molar-refractivity contribution in [2.45, 2.75) is 90.3 Å². The Hall–Kier alpha value is -0.343. The van der Waals surface area contributed by atoms with E-state index in [9.17, 15) is 0 Å². The monoisotopic (exact) mass is 291 g/mol. The van der Waals surface area contributed by atoms with Crippen LogP contribution in [0.4, 0.5) is 0 Å². The van der Waals surface area contributed by atoms with Gasteiger partial charge in [0.1, 0.15) is 8.24 Å². The van der Waals surface area contributed by atoms with Crippen LogP contribution in [0.25, 0.3) is 0 Å². The fraction of sp³-hybridized carbons (Fsp3) is 0.778. The Morgan fingerprint density at radius 3 is 2.60 bits per heavy atom. The summed E-state index contributed by atoms with van der Waals surface area (Å²) in [5.41, 5.74) is 1.68. The molecule has 0 spiro atoms. The van der Waals surface area contributed by atoms with Crippen molar-refractivity contribution >= 4 is 8.24 Å². The van der Waals surface area contributed by atoms with Gasteiger partial charge in [0.15, 0.2) is 0 Å². The standard InChI is InChI=1S/C18H33NSi/c1-4-5-7-11-16-12-10-15-18(16)20(2,3)19-17-13-8-6-9-14-17/h10,12,17,19H,4-9,11,13-15H2,1-3H3. The Bertz CT molecular complexity index is 362. The van der Waals surface area contributed by atoms with Crippen LogP contribution in [0.5, 0.6) is 0 Å². The third-order valence-electron chi connectivity index (χ3n) is 5.00. The second kappa shape index (κ2) is 7.60. The van der Waals surface area contributed by atoms with Crippen LogP contribution in [-0.4, -0.2) is 14.3 Å². The molecular weight excluding hydrogens is 258 g/mol. The molecule has 0 unspecified atom stereocenters. The SMILES string of the molecule is CCCCCC1=C([Si](C)(C)NC2CCCCC2)CC=C1. The summed E-state index contributed by atoms with van der Waals surface area (Å²) in [6.07, 6.45) is 18.5. The minimum atomic E-state index is -1.41. The first kappa shape index (κ1) is 16.0. The molecule has 0 saturated heterocycles. The first-order valence-corrected chi connectivity index (χ1v) is 11.8. The molecule has 2 heteroatoms. The smallest absolute Gasteiger partial charge is 0.148 e. The molecule has 0 aromatic rings. The fourth-order valence-corrected chi connectivity index (χ4v) is 6.97. The van der Waals surface area contributed by atoms with Crippen LogP contribution >= 0.6 is 0 Å². The predicted molar refractivity (Wildman–Crippen MR) is 92.4 cm³/mol. The van der Waals surface area contributed by atoms with Crippen molar-refractivity contribution in [3.05, 3.63) is 22.9 Å². The number of nitrogens with one attached hydrogen (secondary N) is 1. The second-order valence-corrected chi connectivity index (χ2v) is 11.3. The molecule has 2 aliphatic rings. The molecule has 1 nitrogen and oxygen atoms in total. The molecule has 114 valence electrons. The highest BCUT2D eigenvalue weighted by atomic mass is 28.3. The summed E-state index contributed by atoms with van der Waals surface area (Å²) in [4.78, 5) is 4.10. The van der Waals surface area contributed by atoms with Crippen molar-refractivity contribution in [1.82, 2.24) is 4.98 Å². The average molecular weight is 292 g/mol. The highest BCUT2D eigenvalue weighted by Crippen LogP contribution is 2.31. The molecule has 0 radical (unpaired) electrons. The zero-order chi connectivity index (χ0) is 14.4. The van der Waals surface area contributed by atoms with Gasteiger partial charge in [-0.3, -0.25) is 0 Å². The summed E-state index contributed by atoms with van der Waals surface area (Å²) < 4.78 is 0. The molecule has 0 heterocycles. The minimum absolute atomic E-state index is 0.801. The average Bonchev–Trinajstić information content (AvgIpc) is 2.89. The summed E-state index contributed by atoms with van der Waals surface area (Å²) in [6, 6.07) is 0.801. The maximum absolute atomic E-state index is 4.10. The molecule has 0 aromatic heterocycles. The summed E-state index contributed by atoms with van der Waals surface area (Å²) in [5, 5.41) is 1.79. The third-order valence-corrected chi connectivity index (χ3v) is 8.17. The molecule has 2 rings (SSSR count). The van der Waals surface area contributed by atoms with E-state index >= 15 is 0 Å². The summed E-state index contributed by atoms with van der Waals surface area (Å²) in [7, 11) is -1.41. The summed E-state index contributed by atoms with van der Waals surface area (Å²) >= 11 is 0. The van der Waals surface area contributed by atoms with Crippen molar-refractivity contribution in [3.63, 3.8) is 0 Å². The van der Waals surface area contributed by atoms with Gasteiger partial charge in [0.05, 0.1) is 0 Å². The van der Waals surface area contributed by atoms with Crippen LogP contribution in [0.1, 0.15) is 71.1 Å². The number of allylic oxidation sites excluding steroid dienone is 4. The van der Waals surface area contributed by atoms with Crippen molar-refractivity contribution in [1.29, 1.82) is 0 Å². The summed E-state index contributed by atoms with van der Waals surface area (Å²) in [6.45, 7) is 7.36. The van der Waals surface area contributed by atoms with Gasteiger partial charge in [0.25, 0.3) is 0 Å². The van der Waals surface area contributed by atoms with E-state index in [0.29, 0.717) is 0 Å². The van der Waals surface area contributed by atoms with Crippen LogP contribution in [-0.2, 0) is 0 Å². The lowest BCUT2D eigenvalue weighted by Gasteiger charge is -2.34. The van der Waals surface area contributed by atoms with Crippen LogP contribution in [0, 0.1) is 0 Å². The largest absolute Gasteiger partial charge is 0.331 e. The van der Waals surface area contributed by atoms with Gasteiger partial charge >= 0.3 is 0 Å². The molecule has 1 N–H and O–H groups in total. The Morgan fingerprint density at radius 2 is 1.90 bits per heavy atom. The van der Waals surface area contributed by atoms with E-state index < -0.39 is 8.24 Å². The topological polar surface area (TPSA) is 12.0 Å². The predicted octanol–water partition coefficient (Wildman–Crippen LogP) is 5.49. The maximum Gasteiger partial charge on any atom is 0.148 e. The van der Waals surface area contributed by atoms with Gasteiger partial charge in [-0.1, -0.05) is 75.0 Å². The molecule has 0 amide bonds. The maximum atomic E-state index is 4.10. The van der Waals surface area contributed by atoms with Gasteiger partial charge in [-0.2, -0.15) is 0 Å². The van der Waals surface area contributed by atoms with Gasteiger partial charge in [-0.05, 0) is 32.1 Å². The van der Waals surface area contributed by atoms with Crippen molar-refractivity contribution in [2.75, 3.05) is 0 Å². The molecule has 2 aliphatic carbocycles. The van der Waals surface area contributed by atoms with Crippen LogP contribution < -0.4 is 4.98 Å². The first-order chi connectivity index (χ1) is 9.63. The van der Waals surface area contributed by atoms with Gasteiger partial charge < -0.3 is 4.98 Å². The zero-order valence-corrected chi connectivity index (χ0v) is 14.8. The molecule has 1 fully saturated rings. The molecule has 0 aliphatic heterocycles. The van der Waals surface area contributed by atoms with Crippen LogP contribution in [0.15, 0.2) is 22.9 Å². The molecule has 0 bridgehead atoms. The van der Waals surface area contributed by atoms with E-state index in [1.807, 2.05) is 0 Å². The molecule has 0 aromatic carbocycles. The second-order valence-electron chi connectivity index (χ2n) is 7.17. The van der Waals surface area contributed by atoms with Crippen molar-refractivity contribution in [2.24, 2.45) is 0 Å². The highest BCUT2D eigenvalue weighted by molar-refractivity contribution is 6.82. The van der Waals surface area contributed by atoms with Gasteiger partial charge in [0, 0.05) is 6.04 Å². The lowest BCUT2D eigenvalue weighted by molar-refractivity contribution is 0.414. The fourth-order valence-electron chi connectivity index (χ4n) is 3.85. The van der Waals surface area contributed by atoms with E-state index in [-0.39, 0.29) is 0 Å². The zero-order valence-electron chi connectivity index (χ0n) is 13.8. The van der Waals surface area contributed by atoms with E-state index in [4.69, 9.17) is 0 Å². The molecule has 0 atom stereocenters. The number of hydrogen-bond donors (Lipinski definition) is 1. The third kappa shape index (κ3) is 4.32. The van der Waals surface area contributed by atoms with E-state index in [0.717, 1.165) is 6.04 Å². The normalized spacial score (nSPS) is 20.9. The first-order valence-electron chi connectivity index (χ1n) is 8.80. The quantitative estimate of drug-likeness (QED) is 0.483. The lowest BCUT2D eigenvalue weighted by atomic mass is 9.96. The Balaban J connectivity index is 1.96. The number of rotatable bonds is 7. The lowest BCUT2D eigenvalue weighted by Crippen LogP contribution is -2.52. The summed E-state index contributed by atoms with van der Waals surface area (Å²) in [5.74, 6) is 0. The number of unbranched alkanes of at least 4 members (excludes halogenated alkanes) is 2. The van der Waals surface area contributed by atoms with Crippen LogP contribution in [0.2, 0.25) is 13.1 Å². The molecule has 1 saturated carbocycles. The molecular formula is C18H33NSi. The van der Waals surface area contributed by atoms with E-state index in [2.05, 4.69) is 37.2 Å². The van der Waals surface area contributed by atoms with Crippen molar-refractivity contribution in [3.8, 4) is 0 Å². The van der Waals surface area contributed by atoms with Gasteiger partial charge in [-0.25, -0.2) is 0 Å². The van der Waals surface area contributed by atoms with Gasteiger partial charge in [-0.15, -0.1) is 0 Å². The molecule has 20 heavy (non-hydrogen) atoms. The minimum Gasteiger partial charge on any atom is -0.331 e. The highest BCUT2D eigenvalue weighted by Gasteiger charge is 2.31. The van der Waals surface area contributed by atoms with Crippen molar-refractivity contribution < 1.29 is 0 Å². The van der Waals surface area contributed by atoms with Gasteiger partial charge in [0.2, 0.25) is 0 Å². The Morgan fingerprint density at radius 1 is 1.15 bits per heavy atom. The van der Waals surface area contributed by atoms with Crippen LogP contribution in [0.3, 0.4) is 0 Å². The Labute approximate surface area is 127 Å². The van der Waals surface area contributed by atoms with E-state index in [1.54, 1.807) is 10.8 Å². The number of hydrogen-bond acceptors (Lipinski definition) is 1. The Kier molecular flexibility index (Phi) is 6.10.